The van der Waals surface area contributed by atoms with Gasteiger partial charge < -0.3 is 10.4 Å². The highest BCUT2D eigenvalue weighted by molar-refractivity contribution is 6.30. The molecule has 0 unspecified atom stereocenters. The molecule has 0 saturated carbocycles. The average Bonchev–Trinajstić information content (AvgIpc) is 3.18. The molecular weight excluding hydrogens is 410 g/mol. The highest BCUT2D eigenvalue weighted by atomic mass is 35.5. The van der Waals surface area contributed by atoms with E-state index in [1.54, 1.807) is 0 Å². The van der Waals surface area contributed by atoms with Crippen LogP contribution in [0.3, 0.4) is 0 Å². The number of amides is 1. The Kier molecular flexibility index (Phi) is 6.85. The van der Waals surface area contributed by atoms with Crippen molar-refractivity contribution < 1.29 is 9.90 Å². The molecule has 160 valence electrons. The largest absolute Gasteiger partial charge is 0.394 e. The van der Waals surface area contributed by atoms with Gasteiger partial charge in [0.2, 0.25) is 0 Å². The van der Waals surface area contributed by atoms with Crippen molar-refractivity contribution in [3.8, 4) is 0 Å². The summed E-state index contributed by atoms with van der Waals surface area (Å²) in [6, 6.07) is 16.7. The lowest BCUT2D eigenvalue weighted by molar-refractivity contribution is 0.0910. The second-order valence-corrected chi connectivity index (χ2v) is 8.27. The van der Waals surface area contributed by atoms with Crippen LogP contribution in [-0.2, 0) is 6.42 Å². The van der Waals surface area contributed by atoms with Crippen LogP contribution in [0.15, 0.2) is 54.6 Å². The molecule has 3 N–H and O–H groups in total. The lowest BCUT2D eigenvalue weighted by Gasteiger charge is -2.17. The van der Waals surface area contributed by atoms with Crippen molar-refractivity contribution in [2.45, 2.75) is 38.1 Å². The second-order valence-electron chi connectivity index (χ2n) is 7.83. The molecule has 1 aliphatic rings. The lowest BCUT2D eigenvalue weighted by atomic mass is 9.92. The average molecular weight is 436 g/mol. The molecule has 6 heteroatoms. The van der Waals surface area contributed by atoms with E-state index in [2.05, 4.69) is 21.6 Å². The topological polar surface area (TPSA) is 78.0 Å². The van der Waals surface area contributed by atoms with E-state index in [9.17, 15) is 9.90 Å². The number of aromatic nitrogens is 2. The number of aliphatic hydroxyl groups is 1. The summed E-state index contributed by atoms with van der Waals surface area (Å²) in [5, 5.41) is 21.0. The fourth-order valence-electron chi connectivity index (χ4n) is 4.06. The molecule has 1 aromatic heterocycles. The van der Waals surface area contributed by atoms with Gasteiger partial charge in [-0.1, -0.05) is 60.5 Å². The molecule has 1 heterocycles. The Balaban J connectivity index is 1.64. The standard InChI is InChI=1S/C25H26ClN3O2/c26-20-12-7-8-17(15-20)14-19-11-5-2-6-13-21-23(19)28-29-24(21)25(31)27-22(16-30)18-9-3-1-4-10-18/h1,3-4,7-10,12,14-15,22,30H,2,5-6,11,13,16H2,(H,27,31)(H,28,29)/t22-/m1/s1. The van der Waals surface area contributed by atoms with E-state index in [0.717, 1.165) is 60.1 Å². The number of aliphatic hydroxyl groups excluding tert-OH is 1. The molecule has 5 nitrogen and oxygen atoms in total. The first-order valence-corrected chi connectivity index (χ1v) is 11.0. The number of hydrogen-bond acceptors (Lipinski definition) is 3. The van der Waals surface area contributed by atoms with E-state index in [4.69, 9.17) is 11.6 Å². The smallest absolute Gasteiger partial charge is 0.270 e. The number of allylic oxidation sites excluding steroid dienone is 1. The van der Waals surface area contributed by atoms with Crippen molar-refractivity contribution in [3.63, 3.8) is 0 Å². The van der Waals surface area contributed by atoms with Crippen molar-refractivity contribution in [3.05, 3.63) is 87.7 Å². The van der Waals surface area contributed by atoms with Crippen LogP contribution < -0.4 is 5.32 Å². The predicted octanol–water partition coefficient (Wildman–Crippen LogP) is 5.18. The van der Waals surface area contributed by atoms with E-state index in [1.165, 1.54) is 0 Å². The van der Waals surface area contributed by atoms with Crippen LogP contribution in [0.2, 0.25) is 5.02 Å². The number of carbonyl (C=O) groups is 1. The predicted molar refractivity (Wildman–Crippen MR) is 124 cm³/mol. The van der Waals surface area contributed by atoms with Gasteiger partial charge >= 0.3 is 0 Å². The third-order valence-corrected chi connectivity index (χ3v) is 5.89. The molecule has 3 aromatic rings. The van der Waals surface area contributed by atoms with Crippen molar-refractivity contribution in [1.29, 1.82) is 0 Å². The minimum Gasteiger partial charge on any atom is -0.394 e. The van der Waals surface area contributed by atoms with Crippen LogP contribution in [0.4, 0.5) is 0 Å². The number of rotatable bonds is 5. The van der Waals surface area contributed by atoms with Gasteiger partial charge in [-0.15, -0.1) is 0 Å². The van der Waals surface area contributed by atoms with Gasteiger partial charge in [0.05, 0.1) is 18.3 Å². The van der Waals surface area contributed by atoms with Gasteiger partial charge in [-0.05, 0) is 60.6 Å². The van der Waals surface area contributed by atoms with Gasteiger partial charge in [0.25, 0.3) is 5.91 Å². The Hall–Kier alpha value is -2.89. The van der Waals surface area contributed by atoms with E-state index < -0.39 is 6.04 Å². The van der Waals surface area contributed by atoms with Crippen LogP contribution in [0.5, 0.6) is 0 Å². The van der Waals surface area contributed by atoms with Crippen LogP contribution in [0.25, 0.3) is 11.6 Å². The molecule has 0 aliphatic heterocycles. The minimum absolute atomic E-state index is 0.175. The number of fused-ring (bicyclic) bond motifs is 1. The van der Waals surface area contributed by atoms with Crippen LogP contribution >= 0.6 is 11.6 Å². The number of benzene rings is 2. The molecular formula is C25H26ClN3O2. The third kappa shape index (κ3) is 5.06. The lowest BCUT2D eigenvalue weighted by Crippen LogP contribution is -2.31. The molecule has 31 heavy (non-hydrogen) atoms. The Morgan fingerprint density at radius 3 is 2.71 bits per heavy atom. The van der Waals surface area contributed by atoms with Crippen LogP contribution in [0.1, 0.15) is 64.6 Å². The first-order valence-electron chi connectivity index (χ1n) is 10.7. The SMILES string of the molecule is O=C(N[C@H](CO)c1ccccc1)c1[nH]nc2c1CCCCCC2=Cc1cccc(Cl)c1. The van der Waals surface area contributed by atoms with Gasteiger partial charge in [-0.25, -0.2) is 0 Å². The molecule has 1 atom stereocenters. The zero-order chi connectivity index (χ0) is 21.6. The summed E-state index contributed by atoms with van der Waals surface area (Å²) in [5.41, 5.74) is 5.26. The van der Waals surface area contributed by atoms with Gasteiger partial charge in [0.15, 0.2) is 0 Å². The fourth-order valence-corrected chi connectivity index (χ4v) is 4.26. The minimum atomic E-state index is -0.470. The zero-order valence-corrected chi connectivity index (χ0v) is 18.0. The van der Waals surface area contributed by atoms with E-state index in [-0.39, 0.29) is 12.5 Å². The van der Waals surface area contributed by atoms with Gasteiger partial charge in [0, 0.05) is 10.6 Å². The van der Waals surface area contributed by atoms with Gasteiger partial charge in [-0.2, -0.15) is 5.10 Å². The molecule has 0 saturated heterocycles. The number of H-pyrrole nitrogens is 1. The Bertz CT molecular complexity index is 1080. The zero-order valence-electron chi connectivity index (χ0n) is 17.3. The summed E-state index contributed by atoms with van der Waals surface area (Å²) in [6.07, 6.45) is 6.99. The second kappa shape index (κ2) is 9.94. The first kappa shape index (κ1) is 21.3. The number of aromatic amines is 1. The van der Waals surface area contributed by atoms with E-state index in [1.807, 2.05) is 54.6 Å². The molecule has 0 radical (unpaired) electrons. The summed E-state index contributed by atoms with van der Waals surface area (Å²) in [6.45, 7) is -0.175. The quantitative estimate of drug-likeness (QED) is 0.516. The summed E-state index contributed by atoms with van der Waals surface area (Å²) in [7, 11) is 0. The molecule has 1 aliphatic carbocycles. The van der Waals surface area contributed by atoms with Crippen molar-refractivity contribution in [1.82, 2.24) is 15.5 Å². The van der Waals surface area contributed by atoms with Crippen LogP contribution in [0, 0.1) is 0 Å². The maximum Gasteiger partial charge on any atom is 0.270 e. The molecule has 0 fully saturated rings. The van der Waals surface area contributed by atoms with Gasteiger partial charge in [-0.3, -0.25) is 9.89 Å². The molecule has 4 rings (SSSR count). The number of nitrogens with zero attached hydrogens (tertiary/aromatic N) is 1. The summed E-state index contributed by atoms with van der Waals surface area (Å²) < 4.78 is 0. The first-order chi connectivity index (χ1) is 15.2. The van der Waals surface area contributed by atoms with Crippen molar-refractivity contribution in [2.75, 3.05) is 6.61 Å². The number of halogens is 1. The summed E-state index contributed by atoms with van der Waals surface area (Å²) in [4.78, 5) is 13.1. The molecule has 0 spiro atoms. The highest BCUT2D eigenvalue weighted by Crippen LogP contribution is 2.31. The van der Waals surface area contributed by atoms with Gasteiger partial charge in [0.1, 0.15) is 5.69 Å². The Morgan fingerprint density at radius 2 is 1.94 bits per heavy atom. The molecule has 0 bridgehead atoms. The summed E-state index contributed by atoms with van der Waals surface area (Å²) >= 11 is 6.16. The number of carbonyl (C=O) groups excluding carboxylic acids is 1. The molecule has 2 aromatic carbocycles. The monoisotopic (exact) mass is 435 g/mol. The van der Waals surface area contributed by atoms with Crippen LogP contribution in [-0.4, -0.2) is 27.8 Å². The third-order valence-electron chi connectivity index (χ3n) is 5.65. The number of nitrogens with one attached hydrogen (secondary N) is 2. The molecule has 1 amide bonds. The Labute approximate surface area is 187 Å². The maximum atomic E-state index is 13.1. The van der Waals surface area contributed by atoms with E-state index in [0.29, 0.717) is 10.7 Å². The van der Waals surface area contributed by atoms with Crippen molar-refractivity contribution in [2.24, 2.45) is 0 Å². The van der Waals surface area contributed by atoms with E-state index >= 15 is 0 Å². The van der Waals surface area contributed by atoms with Crippen molar-refractivity contribution >= 4 is 29.2 Å². The maximum absolute atomic E-state index is 13.1. The highest BCUT2D eigenvalue weighted by Gasteiger charge is 2.24. The fraction of sp³-hybridized carbons (Fsp3) is 0.280. The normalized spacial score (nSPS) is 16.3. The summed E-state index contributed by atoms with van der Waals surface area (Å²) in [5.74, 6) is -0.251. The number of hydrogen-bond donors (Lipinski definition) is 3. The Morgan fingerprint density at radius 1 is 1.13 bits per heavy atom.